The third kappa shape index (κ3) is 4.81. The number of ether oxygens (including phenoxy) is 1. The number of nitrogens with zero attached hydrogens (tertiary/aromatic N) is 4. The topological polar surface area (TPSA) is 92.3 Å². The summed E-state index contributed by atoms with van der Waals surface area (Å²) in [7, 11) is 1.87. The Balaban J connectivity index is 1.32. The van der Waals surface area contributed by atoms with Crippen LogP contribution in [0.1, 0.15) is 38.1 Å². The molecule has 0 spiro atoms. The van der Waals surface area contributed by atoms with Crippen molar-refractivity contribution in [3.8, 4) is 5.75 Å². The molecular formula is C22H27F3N6O2. The van der Waals surface area contributed by atoms with Gasteiger partial charge in [0.25, 0.3) is 0 Å². The largest absolute Gasteiger partial charge is 0.492 e. The Hall–Kier alpha value is -3.11. The van der Waals surface area contributed by atoms with Crippen molar-refractivity contribution < 1.29 is 22.7 Å². The van der Waals surface area contributed by atoms with Crippen LogP contribution in [-0.2, 0) is 11.0 Å². The van der Waals surface area contributed by atoms with Gasteiger partial charge < -0.3 is 20.3 Å². The quantitative estimate of drug-likeness (QED) is 0.670. The summed E-state index contributed by atoms with van der Waals surface area (Å²) in [6.07, 6.45) is -1.71. The third-order valence-corrected chi connectivity index (χ3v) is 6.05. The predicted molar refractivity (Wildman–Crippen MR) is 117 cm³/mol. The fraction of sp³-hybridized carbons (Fsp3) is 0.545. The first kappa shape index (κ1) is 23.1. The molecule has 2 aromatic rings. The summed E-state index contributed by atoms with van der Waals surface area (Å²) in [4.78, 5) is 26.9. The van der Waals surface area contributed by atoms with Crippen molar-refractivity contribution in [1.82, 2.24) is 15.0 Å². The lowest BCUT2D eigenvalue weighted by Gasteiger charge is -2.38. The maximum absolute atomic E-state index is 12.6. The van der Waals surface area contributed by atoms with E-state index in [-0.39, 0.29) is 29.8 Å². The van der Waals surface area contributed by atoms with Gasteiger partial charge in [-0.1, -0.05) is 13.8 Å². The molecule has 0 bridgehead atoms. The number of pyridine rings is 1. The summed E-state index contributed by atoms with van der Waals surface area (Å²) in [6, 6.07) is 2.07. The first-order valence-corrected chi connectivity index (χ1v) is 10.9. The van der Waals surface area contributed by atoms with Gasteiger partial charge in [0.2, 0.25) is 11.9 Å². The highest BCUT2D eigenvalue weighted by atomic mass is 19.4. The number of aromatic nitrogens is 3. The summed E-state index contributed by atoms with van der Waals surface area (Å²) in [6.45, 7) is 6.23. The van der Waals surface area contributed by atoms with Crippen LogP contribution in [0.3, 0.4) is 0 Å². The van der Waals surface area contributed by atoms with Gasteiger partial charge in [0.1, 0.15) is 23.2 Å². The minimum absolute atomic E-state index is 0.0579. The van der Waals surface area contributed by atoms with Crippen LogP contribution in [0.4, 0.5) is 30.6 Å². The Morgan fingerprint density at radius 3 is 2.61 bits per heavy atom. The zero-order valence-electron chi connectivity index (χ0n) is 18.9. The minimum Gasteiger partial charge on any atom is -0.492 e. The van der Waals surface area contributed by atoms with Gasteiger partial charge in [0, 0.05) is 13.1 Å². The summed E-state index contributed by atoms with van der Waals surface area (Å²) in [5.74, 6) is 1.86. The van der Waals surface area contributed by atoms with E-state index in [1.807, 2.05) is 32.7 Å². The molecular weight excluding hydrogens is 437 g/mol. The maximum atomic E-state index is 12.6. The normalized spacial score (nSPS) is 22.5. The fourth-order valence-corrected chi connectivity index (χ4v) is 4.30. The van der Waals surface area contributed by atoms with Crippen LogP contribution in [0, 0.1) is 18.8 Å². The van der Waals surface area contributed by atoms with Crippen LogP contribution >= 0.6 is 0 Å². The molecule has 2 aromatic heterocycles. The van der Waals surface area contributed by atoms with Gasteiger partial charge >= 0.3 is 6.18 Å². The molecule has 2 aliphatic rings. The summed E-state index contributed by atoms with van der Waals surface area (Å²) >= 11 is 0. The molecule has 1 saturated carbocycles. The molecule has 0 aromatic carbocycles. The second-order valence-corrected chi connectivity index (χ2v) is 8.99. The third-order valence-electron chi connectivity index (χ3n) is 6.05. The molecule has 8 nitrogen and oxygen atoms in total. The molecule has 178 valence electrons. The van der Waals surface area contributed by atoms with E-state index in [2.05, 4.69) is 25.6 Å². The number of alkyl halides is 3. The summed E-state index contributed by atoms with van der Waals surface area (Å²) in [5.41, 5.74) is 0.391. The highest BCUT2D eigenvalue weighted by Crippen LogP contribution is 2.36. The van der Waals surface area contributed by atoms with Gasteiger partial charge in [-0.3, -0.25) is 4.79 Å². The van der Waals surface area contributed by atoms with E-state index in [9.17, 15) is 18.0 Å². The van der Waals surface area contributed by atoms with Crippen molar-refractivity contribution in [2.24, 2.45) is 11.8 Å². The van der Waals surface area contributed by atoms with Crippen LogP contribution < -0.4 is 20.3 Å². The van der Waals surface area contributed by atoms with Crippen LogP contribution in [0.2, 0.25) is 0 Å². The Morgan fingerprint density at radius 1 is 1.27 bits per heavy atom. The van der Waals surface area contributed by atoms with Crippen molar-refractivity contribution in [3.63, 3.8) is 0 Å². The molecule has 0 radical (unpaired) electrons. The molecule has 33 heavy (non-hydrogen) atoms. The van der Waals surface area contributed by atoms with Crippen molar-refractivity contribution in [2.75, 3.05) is 29.2 Å². The summed E-state index contributed by atoms with van der Waals surface area (Å²) in [5, 5.41) is 6.28. The fourth-order valence-electron chi connectivity index (χ4n) is 4.30. The predicted octanol–water partition coefficient (Wildman–Crippen LogP) is 3.88. The number of aryl methyl sites for hydroxylation is 1. The average molecular weight is 464 g/mol. The van der Waals surface area contributed by atoms with E-state index in [0.717, 1.165) is 25.1 Å². The van der Waals surface area contributed by atoms with Gasteiger partial charge in [-0.15, -0.1) is 0 Å². The van der Waals surface area contributed by atoms with Gasteiger partial charge in [-0.25, -0.2) is 9.97 Å². The Kier molecular flexibility index (Phi) is 6.06. The average Bonchev–Trinajstić information content (AvgIpc) is 2.70. The van der Waals surface area contributed by atoms with E-state index in [0.29, 0.717) is 35.5 Å². The van der Waals surface area contributed by atoms with Gasteiger partial charge in [-0.05, 0) is 43.7 Å². The molecule has 11 heteroatoms. The Labute approximate surface area is 190 Å². The molecule has 1 aliphatic heterocycles. The van der Waals surface area contributed by atoms with Crippen molar-refractivity contribution in [3.05, 3.63) is 29.7 Å². The zero-order chi connectivity index (χ0) is 23.9. The maximum Gasteiger partial charge on any atom is 0.433 e. The minimum atomic E-state index is -4.46. The summed E-state index contributed by atoms with van der Waals surface area (Å²) < 4.78 is 43.4. The number of halogens is 3. The van der Waals surface area contributed by atoms with Gasteiger partial charge in [0.05, 0.1) is 18.5 Å². The van der Waals surface area contributed by atoms with Crippen LogP contribution in [0.15, 0.2) is 18.3 Å². The molecule has 1 atom stereocenters. The van der Waals surface area contributed by atoms with E-state index < -0.39 is 11.9 Å². The number of carbonyl (C=O) groups excluding carboxylic acids is 1. The molecule has 4 rings (SSSR count). The highest BCUT2D eigenvalue weighted by Gasteiger charge is 2.36. The lowest BCUT2D eigenvalue weighted by molar-refractivity contribution is -0.141. The molecule has 1 fully saturated rings. The second-order valence-electron chi connectivity index (χ2n) is 8.99. The molecule has 3 heterocycles. The second kappa shape index (κ2) is 8.68. The van der Waals surface area contributed by atoms with Crippen LogP contribution in [0.25, 0.3) is 0 Å². The zero-order valence-corrected chi connectivity index (χ0v) is 18.9. The number of likely N-dealkylation sites (N-methyl/N-ethyl adjacent to an activating group) is 1. The Morgan fingerprint density at radius 2 is 2.00 bits per heavy atom. The number of hydrogen-bond donors (Lipinski definition) is 2. The van der Waals surface area contributed by atoms with Crippen molar-refractivity contribution >= 4 is 23.4 Å². The number of amides is 1. The standard InChI is InChI=1S/C22H27F3N6O2/c1-11(2)18-20(32)29-17-12(3)27-21(30-19(17)31(18)4)28-14-7-13(8-14)10-33-15-5-6-16(26-9-15)22(23,24)25/h5-6,9,11,13-14,18H,7-8,10H2,1-4H3,(H,29,32)(H,27,28,30)/t13-,14+,18?. The SMILES string of the molecule is Cc1nc(N[C@H]2C[C@@H](COc3ccc(C(F)(F)F)nc3)C2)nc2c1NC(=O)C(C(C)C)N2C. The number of rotatable bonds is 6. The smallest absolute Gasteiger partial charge is 0.433 e. The highest BCUT2D eigenvalue weighted by molar-refractivity contribution is 6.03. The van der Waals surface area contributed by atoms with E-state index in [1.165, 1.54) is 6.07 Å². The lowest BCUT2D eigenvalue weighted by atomic mass is 9.81. The first-order valence-electron chi connectivity index (χ1n) is 10.9. The monoisotopic (exact) mass is 464 g/mol. The molecule has 1 unspecified atom stereocenters. The van der Waals surface area contributed by atoms with Crippen LogP contribution in [-0.4, -0.2) is 46.6 Å². The van der Waals surface area contributed by atoms with Crippen molar-refractivity contribution in [2.45, 2.75) is 51.9 Å². The van der Waals surface area contributed by atoms with E-state index in [4.69, 9.17) is 4.74 Å². The number of fused-ring (bicyclic) bond motifs is 1. The first-order chi connectivity index (χ1) is 15.5. The number of anilines is 3. The van der Waals surface area contributed by atoms with Gasteiger partial charge in [0.15, 0.2) is 5.82 Å². The molecule has 1 aliphatic carbocycles. The van der Waals surface area contributed by atoms with Crippen molar-refractivity contribution in [1.29, 1.82) is 0 Å². The van der Waals surface area contributed by atoms with E-state index >= 15 is 0 Å². The number of nitrogens with one attached hydrogen (secondary N) is 2. The molecule has 2 N–H and O–H groups in total. The molecule has 0 saturated heterocycles. The number of hydrogen-bond acceptors (Lipinski definition) is 7. The van der Waals surface area contributed by atoms with Gasteiger partial charge in [-0.2, -0.15) is 18.2 Å². The van der Waals surface area contributed by atoms with E-state index in [1.54, 1.807) is 0 Å². The molecule has 1 amide bonds. The lowest BCUT2D eigenvalue weighted by Crippen LogP contribution is -2.50. The Bertz CT molecular complexity index is 1020. The number of carbonyl (C=O) groups is 1. The van der Waals surface area contributed by atoms with Crippen LogP contribution in [0.5, 0.6) is 5.75 Å².